The second kappa shape index (κ2) is 7.94. The van der Waals surface area contributed by atoms with E-state index in [0.717, 1.165) is 25.0 Å². The third-order valence-corrected chi connectivity index (χ3v) is 5.50. The molecule has 140 valence electrons. The number of piperazine rings is 1. The SMILES string of the molecule is O=C(COc1ccc2ccc(=O)oc2c1)N1CCN(Cc2cccs2)CC1. The Morgan fingerprint density at radius 1 is 1.11 bits per heavy atom. The van der Waals surface area contributed by atoms with Gasteiger partial charge in [0.25, 0.3) is 5.91 Å². The first-order valence-electron chi connectivity index (χ1n) is 8.87. The van der Waals surface area contributed by atoms with Crippen LogP contribution >= 0.6 is 11.3 Å². The van der Waals surface area contributed by atoms with Gasteiger partial charge in [-0.2, -0.15) is 0 Å². The van der Waals surface area contributed by atoms with Crippen molar-refractivity contribution < 1.29 is 13.9 Å². The van der Waals surface area contributed by atoms with Crippen molar-refractivity contribution >= 4 is 28.2 Å². The predicted molar refractivity (Wildman–Crippen MR) is 104 cm³/mol. The molecule has 0 atom stereocenters. The van der Waals surface area contributed by atoms with Gasteiger partial charge in [0.1, 0.15) is 11.3 Å². The fraction of sp³-hybridized carbons (Fsp3) is 0.300. The highest BCUT2D eigenvalue weighted by molar-refractivity contribution is 7.09. The van der Waals surface area contributed by atoms with E-state index in [9.17, 15) is 9.59 Å². The Bertz CT molecular complexity index is 975. The fourth-order valence-electron chi connectivity index (χ4n) is 3.15. The Morgan fingerprint density at radius 2 is 1.93 bits per heavy atom. The molecule has 7 heteroatoms. The first kappa shape index (κ1) is 17.8. The minimum Gasteiger partial charge on any atom is -0.484 e. The first-order chi connectivity index (χ1) is 13.2. The van der Waals surface area contributed by atoms with Gasteiger partial charge in [0.2, 0.25) is 0 Å². The molecule has 2 aromatic heterocycles. The molecule has 0 aliphatic carbocycles. The minimum atomic E-state index is -0.406. The van der Waals surface area contributed by atoms with Crippen LogP contribution in [-0.4, -0.2) is 48.5 Å². The number of benzene rings is 1. The third kappa shape index (κ3) is 4.37. The highest BCUT2D eigenvalue weighted by atomic mass is 32.1. The van der Waals surface area contributed by atoms with Gasteiger partial charge in [-0.25, -0.2) is 4.79 Å². The predicted octanol–water partition coefficient (Wildman–Crippen LogP) is 2.58. The number of nitrogens with zero attached hydrogens (tertiary/aromatic N) is 2. The smallest absolute Gasteiger partial charge is 0.336 e. The topological polar surface area (TPSA) is 63.0 Å². The van der Waals surface area contributed by atoms with E-state index in [0.29, 0.717) is 24.4 Å². The molecule has 0 N–H and O–H groups in total. The van der Waals surface area contributed by atoms with Gasteiger partial charge in [0.05, 0.1) is 0 Å². The number of carbonyl (C=O) groups excluding carboxylic acids is 1. The third-order valence-electron chi connectivity index (χ3n) is 4.64. The lowest BCUT2D eigenvalue weighted by Gasteiger charge is -2.34. The van der Waals surface area contributed by atoms with Crippen LogP contribution in [0.2, 0.25) is 0 Å². The van der Waals surface area contributed by atoms with Crippen LogP contribution in [0.1, 0.15) is 4.88 Å². The molecule has 1 aromatic carbocycles. The average molecular weight is 384 g/mol. The lowest BCUT2D eigenvalue weighted by Crippen LogP contribution is -2.49. The summed E-state index contributed by atoms with van der Waals surface area (Å²) in [6, 6.07) is 12.5. The Labute approximate surface area is 160 Å². The molecule has 3 heterocycles. The quantitative estimate of drug-likeness (QED) is 0.633. The van der Waals surface area contributed by atoms with Crippen molar-refractivity contribution in [1.29, 1.82) is 0 Å². The second-order valence-corrected chi connectivity index (χ2v) is 7.51. The van der Waals surface area contributed by atoms with Crippen LogP contribution in [0, 0.1) is 0 Å². The number of fused-ring (bicyclic) bond motifs is 1. The van der Waals surface area contributed by atoms with Gasteiger partial charge in [-0.15, -0.1) is 11.3 Å². The van der Waals surface area contributed by atoms with Gasteiger partial charge in [-0.3, -0.25) is 9.69 Å². The normalized spacial score (nSPS) is 15.2. The zero-order chi connectivity index (χ0) is 18.6. The number of carbonyl (C=O) groups is 1. The monoisotopic (exact) mass is 384 g/mol. The molecule has 1 fully saturated rings. The van der Waals surface area contributed by atoms with Crippen molar-refractivity contribution in [3.05, 3.63) is 63.1 Å². The van der Waals surface area contributed by atoms with Crippen LogP contribution in [-0.2, 0) is 11.3 Å². The van der Waals surface area contributed by atoms with Crippen LogP contribution in [0.3, 0.4) is 0 Å². The molecule has 4 rings (SSSR count). The number of hydrogen-bond acceptors (Lipinski definition) is 6. The zero-order valence-corrected chi connectivity index (χ0v) is 15.6. The van der Waals surface area contributed by atoms with E-state index < -0.39 is 5.63 Å². The second-order valence-electron chi connectivity index (χ2n) is 6.48. The van der Waals surface area contributed by atoms with Crippen molar-refractivity contribution in [2.45, 2.75) is 6.54 Å². The molecule has 0 spiro atoms. The van der Waals surface area contributed by atoms with Crippen molar-refractivity contribution in [3.8, 4) is 5.75 Å². The molecule has 0 radical (unpaired) electrons. The summed E-state index contributed by atoms with van der Waals surface area (Å²) in [7, 11) is 0. The van der Waals surface area contributed by atoms with Crippen LogP contribution < -0.4 is 10.4 Å². The van der Waals surface area contributed by atoms with Crippen molar-refractivity contribution in [2.75, 3.05) is 32.8 Å². The zero-order valence-electron chi connectivity index (χ0n) is 14.8. The molecule has 0 bridgehead atoms. The van der Waals surface area contributed by atoms with E-state index >= 15 is 0 Å². The van der Waals surface area contributed by atoms with Crippen LogP contribution in [0.4, 0.5) is 0 Å². The van der Waals surface area contributed by atoms with Gasteiger partial charge in [0, 0.05) is 55.1 Å². The molecular weight excluding hydrogens is 364 g/mol. The maximum atomic E-state index is 12.4. The van der Waals surface area contributed by atoms with E-state index in [1.807, 2.05) is 4.90 Å². The summed E-state index contributed by atoms with van der Waals surface area (Å²) in [5, 5.41) is 2.90. The first-order valence-corrected chi connectivity index (χ1v) is 9.74. The molecule has 0 saturated carbocycles. The molecule has 27 heavy (non-hydrogen) atoms. The highest BCUT2D eigenvalue weighted by Crippen LogP contribution is 2.19. The summed E-state index contributed by atoms with van der Waals surface area (Å²) in [6.45, 7) is 4.07. The van der Waals surface area contributed by atoms with Crippen LogP contribution in [0.5, 0.6) is 5.75 Å². The molecule has 6 nitrogen and oxygen atoms in total. The lowest BCUT2D eigenvalue weighted by molar-refractivity contribution is -0.135. The summed E-state index contributed by atoms with van der Waals surface area (Å²) < 4.78 is 10.8. The molecule has 1 aliphatic rings. The Morgan fingerprint density at radius 3 is 2.70 bits per heavy atom. The number of amides is 1. The molecule has 0 unspecified atom stereocenters. The Hall–Kier alpha value is -2.64. The maximum absolute atomic E-state index is 12.4. The van der Waals surface area contributed by atoms with E-state index in [-0.39, 0.29) is 12.5 Å². The maximum Gasteiger partial charge on any atom is 0.336 e. The number of thiophene rings is 1. The van der Waals surface area contributed by atoms with E-state index in [2.05, 4.69) is 22.4 Å². The molecule has 3 aromatic rings. The Balaban J connectivity index is 1.29. The van der Waals surface area contributed by atoms with Crippen LogP contribution in [0.15, 0.2) is 57.1 Å². The molecular formula is C20H20N2O4S. The summed E-state index contributed by atoms with van der Waals surface area (Å²) in [6.07, 6.45) is 0. The van der Waals surface area contributed by atoms with Gasteiger partial charge >= 0.3 is 5.63 Å². The number of rotatable bonds is 5. The number of ether oxygens (including phenoxy) is 1. The van der Waals surface area contributed by atoms with E-state index in [1.54, 1.807) is 35.6 Å². The summed E-state index contributed by atoms with van der Waals surface area (Å²) in [5.41, 5.74) is 0.0470. The van der Waals surface area contributed by atoms with Crippen molar-refractivity contribution in [3.63, 3.8) is 0 Å². The number of hydrogen-bond donors (Lipinski definition) is 0. The van der Waals surface area contributed by atoms with Crippen molar-refractivity contribution in [1.82, 2.24) is 9.80 Å². The molecule has 1 amide bonds. The lowest BCUT2D eigenvalue weighted by atomic mass is 10.2. The van der Waals surface area contributed by atoms with Crippen molar-refractivity contribution in [2.24, 2.45) is 0 Å². The van der Waals surface area contributed by atoms with Crippen LogP contribution in [0.25, 0.3) is 11.0 Å². The molecule has 1 saturated heterocycles. The largest absolute Gasteiger partial charge is 0.484 e. The van der Waals surface area contributed by atoms with E-state index in [4.69, 9.17) is 9.15 Å². The summed E-state index contributed by atoms with van der Waals surface area (Å²) in [4.78, 5) is 29.3. The summed E-state index contributed by atoms with van der Waals surface area (Å²) in [5.74, 6) is 0.488. The average Bonchev–Trinajstić information content (AvgIpc) is 3.19. The van der Waals surface area contributed by atoms with Gasteiger partial charge in [-0.05, 0) is 29.6 Å². The molecule has 1 aliphatic heterocycles. The Kier molecular flexibility index (Phi) is 5.22. The van der Waals surface area contributed by atoms with E-state index in [1.165, 1.54) is 10.9 Å². The van der Waals surface area contributed by atoms with Gasteiger partial charge in [-0.1, -0.05) is 6.07 Å². The highest BCUT2D eigenvalue weighted by Gasteiger charge is 2.21. The van der Waals surface area contributed by atoms with Gasteiger partial charge < -0.3 is 14.1 Å². The fourth-order valence-corrected chi connectivity index (χ4v) is 3.89. The summed E-state index contributed by atoms with van der Waals surface area (Å²) >= 11 is 1.76. The van der Waals surface area contributed by atoms with Gasteiger partial charge in [0.15, 0.2) is 6.61 Å². The standard InChI is InChI=1S/C20H20N2O4S/c23-19(22-9-7-21(8-10-22)13-17-2-1-11-27-17)14-25-16-5-3-15-4-6-20(24)26-18(15)12-16/h1-6,11-12H,7-10,13-14H2. The minimum absolute atomic E-state index is 0.0203.